The largest absolute Gasteiger partial charge is 0.486 e. The maximum Gasteiger partial charge on any atom is 0.216 e. The van der Waals surface area contributed by atoms with Crippen LogP contribution in [0.25, 0.3) is 60.7 Å². The fraction of sp³-hybridized carbons (Fsp3) is 0.306. The molecule has 0 amide bonds. The molecule has 7 heteroatoms. The molecule has 1 unspecified atom stereocenters. The topological polar surface area (TPSA) is 56.2 Å². The third kappa shape index (κ3) is 9.24. The molecule has 0 spiro atoms. The number of fused-ring (bicyclic) bond motifs is 3. The van der Waals surface area contributed by atoms with Gasteiger partial charge in [0, 0.05) is 37.3 Å². The summed E-state index contributed by atoms with van der Waals surface area (Å²) in [5.41, 5.74) is 10.1. The first-order valence-corrected chi connectivity index (χ1v) is 27.1. The van der Waals surface area contributed by atoms with Crippen molar-refractivity contribution < 1.29 is 24.5 Å². The van der Waals surface area contributed by atoms with Crippen LogP contribution in [0.5, 0.6) is 0 Å². The number of pyridine rings is 3. The van der Waals surface area contributed by atoms with Gasteiger partial charge in [-0.05, 0) is 48.6 Å². The van der Waals surface area contributed by atoms with E-state index in [9.17, 15) is 0 Å². The number of hydrogen-bond donors (Lipinski definition) is 0. The van der Waals surface area contributed by atoms with Crippen LogP contribution in [0, 0.1) is 30.5 Å². The Bertz CT molecular complexity index is 2460. The molecular formula is C49H50GeIrN4O-2. The van der Waals surface area contributed by atoms with Gasteiger partial charge in [-0.15, -0.1) is 18.2 Å². The fourth-order valence-electron chi connectivity index (χ4n) is 8.00. The van der Waals surface area contributed by atoms with Crippen molar-refractivity contribution in [2.75, 3.05) is 0 Å². The van der Waals surface area contributed by atoms with E-state index in [1.165, 1.54) is 43.2 Å². The SMILES string of the molecule is CC(C)Cc1cc(-c2[c-]cccc2)nc[c]1[Ge]([CH3])([CH3])[CH3].[C-]#[N+]c1ccccc1-c1ccc2c(n1)oc1c(-c3cc(C(C)C4CCCCC4)ccn3)[c-]ccc12.[Ir]. The molecule has 1 radical (unpaired) electrons. The van der Waals surface area contributed by atoms with Crippen molar-refractivity contribution in [1.82, 2.24) is 15.0 Å². The summed E-state index contributed by atoms with van der Waals surface area (Å²) in [4.78, 5) is 17.8. The number of aromatic nitrogens is 3. The predicted molar refractivity (Wildman–Crippen MR) is 230 cm³/mol. The molecule has 0 bridgehead atoms. The van der Waals surface area contributed by atoms with Crippen molar-refractivity contribution >= 4 is 45.4 Å². The number of benzene rings is 3. The molecule has 0 aliphatic heterocycles. The Morgan fingerprint density at radius 3 is 2.34 bits per heavy atom. The van der Waals surface area contributed by atoms with Crippen LogP contribution in [0.15, 0.2) is 108 Å². The second kappa shape index (κ2) is 18.2. The van der Waals surface area contributed by atoms with E-state index in [1.807, 2.05) is 72.9 Å². The molecule has 1 fully saturated rings. The first-order chi connectivity index (χ1) is 26.6. The van der Waals surface area contributed by atoms with Crippen LogP contribution >= 0.6 is 0 Å². The molecule has 1 atom stereocenters. The smallest absolute Gasteiger partial charge is 0.216 e. The van der Waals surface area contributed by atoms with Crippen molar-refractivity contribution in [2.24, 2.45) is 11.8 Å². The van der Waals surface area contributed by atoms with Gasteiger partial charge in [-0.3, -0.25) is 0 Å². The minimum Gasteiger partial charge on any atom is -0.486 e. The molecule has 7 aromatic rings. The van der Waals surface area contributed by atoms with E-state index < -0.39 is 13.3 Å². The second-order valence-corrected chi connectivity index (χ2v) is 27.0. The third-order valence-electron chi connectivity index (χ3n) is 10.9. The quantitative estimate of drug-likeness (QED) is 0.112. The first kappa shape index (κ1) is 41.2. The number of rotatable bonds is 8. The fourth-order valence-corrected chi connectivity index (χ4v) is 11.3. The molecule has 1 saturated carbocycles. The van der Waals surface area contributed by atoms with Gasteiger partial charge in [0.25, 0.3) is 0 Å². The second-order valence-electron chi connectivity index (χ2n) is 16.4. The number of para-hydroxylation sites is 1. The van der Waals surface area contributed by atoms with E-state index >= 15 is 0 Å². The Kier molecular flexibility index (Phi) is 13.4. The van der Waals surface area contributed by atoms with Gasteiger partial charge in [0.05, 0.1) is 17.8 Å². The van der Waals surface area contributed by atoms with Gasteiger partial charge in [-0.1, -0.05) is 73.0 Å². The molecule has 287 valence electrons. The summed E-state index contributed by atoms with van der Waals surface area (Å²) in [6.07, 6.45) is 11.9. The standard InChI is InChI=1S/C31H26N3O.C18H24GeN.Ir/c1-20(21-9-4-3-5-10-21)22-17-18-33-29(19-22)26-13-8-12-23-24-15-16-28(34-31(24)35-30(23)26)25-11-6-7-14-27(25)32-2;1-14(2)11-16-12-18(15-9-7-6-8-10-15)20-13-17(16)19(3,4)5;/h6-8,11-12,14-21H,3-5,9-10H2,1H3;6-9,12-14H,11H2,1-5H3;/q2*-1;. The maximum absolute atomic E-state index is 7.48. The van der Waals surface area contributed by atoms with Crippen molar-refractivity contribution in [1.29, 1.82) is 0 Å². The van der Waals surface area contributed by atoms with E-state index in [4.69, 9.17) is 25.9 Å². The Labute approximate surface area is 348 Å². The molecule has 0 saturated heterocycles. The van der Waals surface area contributed by atoms with Gasteiger partial charge in [0.1, 0.15) is 0 Å². The van der Waals surface area contributed by atoms with Gasteiger partial charge < -0.3 is 9.40 Å². The monoisotopic (exact) mass is 977 g/mol. The van der Waals surface area contributed by atoms with Crippen molar-refractivity contribution in [3.05, 3.63) is 138 Å². The molecule has 5 nitrogen and oxygen atoms in total. The van der Waals surface area contributed by atoms with Crippen LogP contribution < -0.4 is 4.40 Å². The molecule has 8 rings (SSSR count). The van der Waals surface area contributed by atoms with E-state index in [-0.39, 0.29) is 20.1 Å². The Balaban J connectivity index is 0.000000217. The summed E-state index contributed by atoms with van der Waals surface area (Å²) < 4.78 is 7.87. The van der Waals surface area contributed by atoms with Crippen molar-refractivity contribution in [3.63, 3.8) is 0 Å². The van der Waals surface area contributed by atoms with Crippen LogP contribution in [0.2, 0.25) is 17.3 Å². The maximum atomic E-state index is 7.48. The zero-order chi connectivity index (χ0) is 38.5. The molecule has 4 aromatic heterocycles. The van der Waals surface area contributed by atoms with E-state index in [0.29, 0.717) is 23.2 Å². The van der Waals surface area contributed by atoms with Gasteiger partial charge >= 0.3 is 126 Å². The summed E-state index contributed by atoms with van der Waals surface area (Å²) in [6.45, 7) is 14.4. The van der Waals surface area contributed by atoms with E-state index in [1.54, 1.807) is 4.40 Å². The molecular weight excluding hydrogens is 925 g/mol. The predicted octanol–water partition coefficient (Wildman–Crippen LogP) is 13.0. The van der Waals surface area contributed by atoms with Crippen LogP contribution in [0.1, 0.15) is 69.9 Å². The van der Waals surface area contributed by atoms with Crippen molar-refractivity contribution in [3.8, 4) is 33.8 Å². The Morgan fingerprint density at radius 1 is 0.821 bits per heavy atom. The summed E-state index contributed by atoms with van der Waals surface area (Å²) >= 11 is -1.86. The summed E-state index contributed by atoms with van der Waals surface area (Å²) in [6, 6.07) is 36.9. The third-order valence-corrected chi connectivity index (χ3v) is 15.3. The molecule has 1 aliphatic rings. The van der Waals surface area contributed by atoms with Gasteiger partial charge in [0.2, 0.25) is 5.71 Å². The molecule has 0 N–H and O–H groups in total. The van der Waals surface area contributed by atoms with Crippen LogP contribution in [0.4, 0.5) is 5.69 Å². The minimum absolute atomic E-state index is 0. The number of hydrogen-bond acceptors (Lipinski definition) is 4. The first-order valence-electron chi connectivity index (χ1n) is 19.7. The Morgan fingerprint density at radius 2 is 1.61 bits per heavy atom. The molecule has 56 heavy (non-hydrogen) atoms. The average Bonchev–Trinajstić information content (AvgIpc) is 3.59. The average molecular weight is 976 g/mol. The summed E-state index contributed by atoms with van der Waals surface area (Å²) in [7, 11) is 0. The minimum atomic E-state index is -1.86. The van der Waals surface area contributed by atoms with E-state index in [0.717, 1.165) is 62.5 Å². The van der Waals surface area contributed by atoms with Gasteiger partial charge in [-0.25, -0.2) is 9.83 Å². The zero-order valence-corrected chi connectivity index (χ0v) is 37.8. The molecule has 3 aromatic carbocycles. The van der Waals surface area contributed by atoms with Gasteiger partial charge in [-0.2, -0.15) is 0 Å². The van der Waals surface area contributed by atoms with Gasteiger partial charge in [0.15, 0.2) is 5.69 Å². The number of nitrogens with zero attached hydrogens (tertiary/aromatic N) is 4. The van der Waals surface area contributed by atoms with Crippen LogP contribution in [0.3, 0.4) is 0 Å². The zero-order valence-electron chi connectivity index (χ0n) is 33.3. The summed E-state index contributed by atoms with van der Waals surface area (Å²) in [5, 5.41) is 1.95. The Hall–Kier alpha value is -4.41. The molecule has 4 heterocycles. The normalized spacial score (nSPS) is 13.8. The molecule has 1 aliphatic carbocycles. The van der Waals surface area contributed by atoms with Crippen molar-refractivity contribution in [2.45, 2.75) is 82.5 Å². The number of furan rings is 1. The van der Waals surface area contributed by atoms with Crippen LogP contribution in [-0.4, -0.2) is 28.2 Å². The van der Waals surface area contributed by atoms with E-state index in [2.05, 4.69) is 85.5 Å². The van der Waals surface area contributed by atoms with Crippen LogP contribution in [-0.2, 0) is 26.5 Å². The summed E-state index contributed by atoms with van der Waals surface area (Å²) in [5.74, 6) is 9.25.